The minimum atomic E-state index is -0.454. The second-order valence-electron chi connectivity index (χ2n) is 4.67. The van der Waals surface area contributed by atoms with Crippen LogP contribution in [0.1, 0.15) is 21.5 Å². The van der Waals surface area contributed by atoms with Gasteiger partial charge >= 0.3 is 0 Å². The van der Waals surface area contributed by atoms with E-state index in [1.54, 1.807) is 38.1 Å². The minimum absolute atomic E-state index is 0.00879. The van der Waals surface area contributed by atoms with Crippen molar-refractivity contribution in [1.29, 1.82) is 0 Å². The zero-order chi connectivity index (χ0) is 15.6. The Balaban J connectivity index is 2.29. The Bertz CT molecular complexity index is 688. The van der Waals surface area contributed by atoms with E-state index in [1.807, 2.05) is 0 Å². The van der Waals surface area contributed by atoms with Crippen LogP contribution in [0.25, 0.3) is 0 Å². The van der Waals surface area contributed by atoms with Gasteiger partial charge in [0.2, 0.25) is 0 Å². The van der Waals surface area contributed by atoms with E-state index in [1.165, 1.54) is 12.1 Å². The number of aryl methyl sites for hydroxylation is 2. The highest BCUT2D eigenvalue weighted by Crippen LogP contribution is 2.26. The van der Waals surface area contributed by atoms with Crippen LogP contribution in [0.4, 0.5) is 11.4 Å². The molecule has 0 saturated heterocycles. The minimum Gasteiger partial charge on any atom is -0.321 e. The first kappa shape index (κ1) is 15.0. The predicted octanol–water partition coefficient (Wildman–Crippen LogP) is 4.12. The van der Waals surface area contributed by atoms with Crippen molar-refractivity contribution in [3.8, 4) is 0 Å². The average Bonchev–Trinajstić information content (AvgIpc) is 2.43. The number of nitro groups is 1. The van der Waals surface area contributed by atoms with Crippen LogP contribution < -0.4 is 5.32 Å². The molecule has 0 atom stereocenters. The molecule has 2 aromatic rings. The second kappa shape index (κ2) is 5.93. The van der Waals surface area contributed by atoms with E-state index >= 15 is 0 Å². The van der Waals surface area contributed by atoms with Crippen LogP contribution in [-0.2, 0) is 0 Å². The van der Waals surface area contributed by atoms with Crippen molar-refractivity contribution < 1.29 is 9.72 Å². The quantitative estimate of drug-likeness (QED) is 0.685. The topological polar surface area (TPSA) is 72.2 Å². The second-order valence-corrected chi connectivity index (χ2v) is 5.11. The summed E-state index contributed by atoms with van der Waals surface area (Å²) in [7, 11) is 0. The molecular weight excluding hydrogens is 292 g/mol. The predicted molar refractivity (Wildman–Crippen MR) is 82.0 cm³/mol. The maximum Gasteiger partial charge on any atom is 0.270 e. The van der Waals surface area contributed by atoms with Gasteiger partial charge in [-0.1, -0.05) is 11.6 Å². The van der Waals surface area contributed by atoms with Crippen LogP contribution in [0.3, 0.4) is 0 Å². The van der Waals surface area contributed by atoms with Gasteiger partial charge in [0.05, 0.1) is 4.92 Å². The first-order valence-corrected chi connectivity index (χ1v) is 6.59. The Morgan fingerprint density at radius 2 is 1.67 bits per heavy atom. The number of carbonyl (C=O) groups excluding carboxylic acids is 1. The van der Waals surface area contributed by atoms with Gasteiger partial charge in [0.1, 0.15) is 0 Å². The fourth-order valence-corrected chi connectivity index (χ4v) is 2.16. The number of halogens is 1. The van der Waals surface area contributed by atoms with Crippen molar-refractivity contribution in [2.24, 2.45) is 0 Å². The number of nitrogens with zero attached hydrogens (tertiary/aromatic N) is 1. The van der Waals surface area contributed by atoms with Gasteiger partial charge in [0.25, 0.3) is 11.6 Å². The number of nitro benzene ring substituents is 1. The number of nitrogens with one attached hydrogen (secondary N) is 1. The number of benzene rings is 2. The number of hydrogen-bond donors (Lipinski definition) is 1. The SMILES string of the molecule is Cc1cc([N+](=O)[O-])cc(C)c1NC(=O)c1ccc(Cl)cc1. The highest BCUT2D eigenvalue weighted by Gasteiger charge is 2.14. The van der Waals surface area contributed by atoms with Crippen molar-refractivity contribution in [3.05, 3.63) is 68.2 Å². The van der Waals surface area contributed by atoms with E-state index in [0.29, 0.717) is 27.4 Å². The molecule has 0 aliphatic heterocycles. The van der Waals surface area contributed by atoms with E-state index in [9.17, 15) is 14.9 Å². The molecule has 0 aliphatic carbocycles. The van der Waals surface area contributed by atoms with Crippen molar-refractivity contribution in [3.63, 3.8) is 0 Å². The largest absolute Gasteiger partial charge is 0.321 e. The normalized spacial score (nSPS) is 10.2. The highest BCUT2D eigenvalue weighted by atomic mass is 35.5. The number of anilines is 1. The van der Waals surface area contributed by atoms with Crippen molar-refractivity contribution in [2.45, 2.75) is 13.8 Å². The molecule has 1 N–H and O–H groups in total. The summed E-state index contributed by atoms with van der Waals surface area (Å²) in [4.78, 5) is 22.5. The lowest BCUT2D eigenvalue weighted by Gasteiger charge is -2.11. The Morgan fingerprint density at radius 1 is 1.14 bits per heavy atom. The summed E-state index contributed by atoms with van der Waals surface area (Å²) in [6, 6.07) is 9.37. The maximum absolute atomic E-state index is 12.2. The molecule has 1 amide bonds. The molecule has 2 aromatic carbocycles. The van der Waals surface area contributed by atoms with Gasteiger partial charge in [0, 0.05) is 28.4 Å². The van der Waals surface area contributed by atoms with Gasteiger partial charge in [-0.3, -0.25) is 14.9 Å². The van der Waals surface area contributed by atoms with Gasteiger partial charge in [-0.2, -0.15) is 0 Å². The van der Waals surface area contributed by atoms with Crippen LogP contribution >= 0.6 is 11.6 Å². The maximum atomic E-state index is 12.2. The molecule has 0 spiro atoms. The Kier molecular flexibility index (Phi) is 4.23. The van der Waals surface area contributed by atoms with Gasteiger partial charge in [-0.25, -0.2) is 0 Å². The summed E-state index contributed by atoms with van der Waals surface area (Å²) >= 11 is 5.78. The molecule has 108 valence electrons. The van der Waals surface area contributed by atoms with Gasteiger partial charge in [-0.05, 0) is 49.2 Å². The van der Waals surface area contributed by atoms with Crippen LogP contribution in [-0.4, -0.2) is 10.8 Å². The third-order valence-corrected chi connectivity index (χ3v) is 3.33. The van der Waals surface area contributed by atoms with Gasteiger partial charge in [-0.15, -0.1) is 0 Å². The summed E-state index contributed by atoms with van der Waals surface area (Å²) in [5.41, 5.74) is 2.35. The van der Waals surface area contributed by atoms with E-state index in [2.05, 4.69) is 5.32 Å². The molecular formula is C15H13ClN2O3. The summed E-state index contributed by atoms with van der Waals surface area (Å²) < 4.78 is 0. The first-order valence-electron chi connectivity index (χ1n) is 6.21. The molecule has 21 heavy (non-hydrogen) atoms. The smallest absolute Gasteiger partial charge is 0.270 e. The van der Waals surface area contributed by atoms with Crippen molar-refractivity contribution >= 4 is 28.9 Å². The van der Waals surface area contributed by atoms with Gasteiger partial charge in [0.15, 0.2) is 0 Å². The van der Waals surface area contributed by atoms with E-state index in [0.717, 1.165) is 0 Å². The number of non-ortho nitro benzene ring substituents is 1. The molecule has 5 nitrogen and oxygen atoms in total. The van der Waals surface area contributed by atoms with Crippen LogP contribution in [0, 0.1) is 24.0 Å². The zero-order valence-corrected chi connectivity index (χ0v) is 12.3. The standard InChI is InChI=1S/C15H13ClN2O3/c1-9-7-13(18(20)21)8-10(2)14(9)17-15(19)11-3-5-12(16)6-4-11/h3-8H,1-2H3,(H,17,19). The lowest BCUT2D eigenvalue weighted by Crippen LogP contribution is -2.13. The molecule has 0 aliphatic rings. The molecule has 6 heteroatoms. The lowest BCUT2D eigenvalue weighted by atomic mass is 10.1. The summed E-state index contributed by atoms with van der Waals surface area (Å²) in [6.07, 6.45) is 0. The molecule has 2 rings (SSSR count). The summed E-state index contributed by atoms with van der Waals surface area (Å²) in [5.74, 6) is -0.285. The Hall–Kier alpha value is -2.40. The van der Waals surface area contributed by atoms with Crippen LogP contribution in [0.15, 0.2) is 36.4 Å². The molecule has 0 saturated carbocycles. The molecule has 0 bridgehead atoms. The number of amides is 1. The molecule has 0 radical (unpaired) electrons. The van der Waals surface area contributed by atoms with Crippen LogP contribution in [0.2, 0.25) is 5.02 Å². The Labute approximate surface area is 126 Å². The van der Waals surface area contributed by atoms with E-state index in [4.69, 9.17) is 11.6 Å². The summed E-state index contributed by atoms with van der Waals surface area (Å²) in [5, 5.41) is 14.1. The Morgan fingerprint density at radius 3 is 2.14 bits per heavy atom. The van der Waals surface area contributed by atoms with Crippen molar-refractivity contribution in [2.75, 3.05) is 5.32 Å². The number of rotatable bonds is 3. The van der Waals surface area contributed by atoms with E-state index in [-0.39, 0.29) is 11.6 Å². The highest BCUT2D eigenvalue weighted by molar-refractivity contribution is 6.30. The summed E-state index contributed by atoms with van der Waals surface area (Å²) in [6.45, 7) is 3.44. The number of hydrogen-bond acceptors (Lipinski definition) is 3. The zero-order valence-electron chi connectivity index (χ0n) is 11.5. The fourth-order valence-electron chi connectivity index (χ4n) is 2.03. The van der Waals surface area contributed by atoms with Crippen LogP contribution in [0.5, 0.6) is 0 Å². The first-order chi connectivity index (χ1) is 9.88. The molecule has 0 fully saturated rings. The molecule has 0 unspecified atom stereocenters. The van der Waals surface area contributed by atoms with E-state index < -0.39 is 4.92 Å². The van der Waals surface area contributed by atoms with Crippen molar-refractivity contribution in [1.82, 2.24) is 0 Å². The monoisotopic (exact) mass is 304 g/mol. The lowest BCUT2D eigenvalue weighted by molar-refractivity contribution is -0.384. The average molecular weight is 305 g/mol. The third kappa shape index (κ3) is 3.38. The molecule has 0 heterocycles. The van der Waals surface area contributed by atoms with Gasteiger partial charge < -0.3 is 5.32 Å². The number of carbonyl (C=O) groups is 1. The third-order valence-electron chi connectivity index (χ3n) is 3.07. The fraction of sp³-hybridized carbons (Fsp3) is 0.133. The molecule has 0 aromatic heterocycles.